The molecule has 86 valence electrons. The van der Waals surface area contributed by atoms with Gasteiger partial charge in [-0.3, -0.25) is 0 Å². The van der Waals surface area contributed by atoms with Gasteiger partial charge in [0, 0.05) is 27.1 Å². The van der Waals surface area contributed by atoms with Gasteiger partial charge in [0.15, 0.2) is 0 Å². The summed E-state index contributed by atoms with van der Waals surface area (Å²) in [6.45, 7) is 0.514. The van der Waals surface area contributed by atoms with Gasteiger partial charge < -0.3 is 15.0 Å². The molecule has 0 bridgehead atoms. The number of aryl methyl sites for hydroxylation is 1. The van der Waals surface area contributed by atoms with E-state index in [1.54, 1.807) is 7.11 Å². The lowest BCUT2D eigenvalue weighted by atomic mass is 10.2. The monoisotopic (exact) mass is 219 g/mol. The van der Waals surface area contributed by atoms with E-state index in [9.17, 15) is 0 Å². The van der Waals surface area contributed by atoms with Crippen LogP contribution in [-0.2, 0) is 18.2 Å². The zero-order valence-electron chi connectivity index (χ0n) is 9.68. The molecule has 0 saturated heterocycles. The minimum Gasteiger partial charge on any atom is -0.380 e. The molecule has 2 aromatic rings. The van der Waals surface area contributed by atoms with E-state index < -0.39 is 0 Å². The second-order valence-electron chi connectivity index (χ2n) is 3.87. The van der Waals surface area contributed by atoms with Gasteiger partial charge >= 0.3 is 0 Å². The molecule has 0 aliphatic heterocycles. The number of methoxy groups -OCH3 is 1. The first kappa shape index (κ1) is 11.1. The number of fused-ring (bicyclic) bond motifs is 1. The molecule has 1 heterocycles. The van der Waals surface area contributed by atoms with Crippen LogP contribution in [0.5, 0.6) is 0 Å². The van der Waals surface area contributed by atoms with Gasteiger partial charge in [0.2, 0.25) is 0 Å². The summed E-state index contributed by atoms with van der Waals surface area (Å²) in [4.78, 5) is 4.58. The summed E-state index contributed by atoms with van der Waals surface area (Å²) >= 11 is 0. The van der Waals surface area contributed by atoms with Gasteiger partial charge in [-0.1, -0.05) is 12.1 Å². The first-order valence-corrected chi connectivity index (χ1v) is 5.39. The van der Waals surface area contributed by atoms with E-state index in [-0.39, 0.29) is 6.10 Å². The highest BCUT2D eigenvalue weighted by Gasteiger charge is 2.12. The molecule has 4 heteroatoms. The molecule has 0 saturated carbocycles. The fourth-order valence-electron chi connectivity index (χ4n) is 1.84. The summed E-state index contributed by atoms with van der Waals surface area (Å²) in [6, 6.07) is 8.10. The number of rotatable bonds is 4. The number of para-hydroxylation sites is 2. The number of nitrogens with zero attached hydrogens (tertiary/aromatic N) is 2. The summed E-state index contributed by atoms with van der Waals surface area (Å²) in [5, 5.41) is 0. The summed E-state index contributed by atoms with van der Waals surface area (Å²) in [6.07, 6.45) is 0.786. The number of nitrogens with two attached hydrogens (primary N) is 1. The van der Waals surface area contributed by atoms with Crippen molar-refractivity contribution in [1.82, 2.24) is 9.55 Å². The average molecular weight is 219 g/mol. The van der Waals surface area contributed by atoms with Crippen LogP contribution in [0.1, 0.15) is 5.82 Å². The number of imidazole rings is 1. The van der Waals surface area contributed by atoms with Crippen molar-refractivity contribution in [3.63, 3.8) is 0 Å². The molecule has 16 heavy (non-hydrogen) atoms. The Bertz CT molecular complexity index is 474. The van der Waals surface area contributed by atoms with Crippen molar-refractivity contribution in [2.45, 2.75) is 12.5 Å². The molecule has 0 aliphatic rings. The highest BCUT2D eigenvalue weighted by atomic mass is 16.5. The van der Waals surface area contributed by atoms with Crippen LogP contribution in [-0.4, -0.2) is 29.3 Å². The molecular formula is C12H17N3O. The molecule has 0 spiro atoms. The third-order valence-corrected chi connectivity index (χ3v) is 2.89. The van der Waals surface area contributed by atoms with Gasteiger partial charge in [-0.05, 0) is 12.1 Å². The Morgan fingerprint density at radius 1 is 1.44 bits per heavy atom. The maximum atomic E-state index is 5.61. The van der Waals surface area contributed by atoms with Gasteiger partial charge in [-0.15, -0.1) is 0 Å². The van der Waals surface area contributed by atoms with Crippen LogP contribution in [0.25, 0.3) is 11.0 Å². The van der Waals surface area contributed by atoms with Crippen LogP contribution in [0.2, 0.25) is 0 Å². The number of aromatic nitrogens is 2. The second-order valence-corrected chi connectivity index (χ2v) is 3.87. The van der Waals surface area contributed by atoms with E-state index in [0.29, 0.717) is 6.54 Å². The second kappa shape index (κ2) is 4.63. The summed E-state index contributed by atoms with van der Waals surface area (Å²) in [5.74, 6) is 1.01. The Morgan fingerprint density at radius 3 is 2.81 bits per heavy atom. The molecule has 1 aromatic carbocycles. The molecule has 1 atom stereocenters. The highest BCUT2D eigenvalue weighted by Crippen LogP contribution is 2.15. The standard InChI is InChI=1S/C12H17N3O/c1-15-11-6-4-3-5-10(11)14-12(15)7-9(8-13)16-2/h3-6,9H,7-8,13H2,1-2H3. The Kier molecular flexibility index (Phi) is 3.22. The van der Waals surface area contributed by atoms with E-state index in [0.717, 1.165) is 23.3 Å². The lowest BCUT2D eigenvalue weighted by molar-refractivity contribution is 0.108. The van der Waals surface area contributed by atoms with E-state index in [1.165, 1.54) is 0 Å². The van der Waals surface area contributed by atoms with Crippen LogP contribution in [0.15, 0.2) is 24.3 Å². The van der Waals surface area contributed by atoms with Gasteiger partial charge in [0.1, 0.15) is 5.82 Å². The van der Waals surface area contributed by atoms with Crippen molar-refractivity contribution in [3.8, 4) is 0 Å². The quantitative estimate of drug-likeness (QED) is 0.837. The summed E-state index contributed by atoms with van der Waals surface area (Å²) < 4.78 is 7.37. The zero-order chi connectivity index (χ0) is 11.5. The third-order valence-electron chi connectivity index (χ3n) is 2.89. The van der Waals surface area contributed by atoms with Crippen molar-refractivity contribution in [2.24, 2.45) is 12.8 Å². The summed E-state index contributed by atoms with van der Waals surface area (Å²) in [5.41, 5.74) is 7.78. The Morgan fingerprint density at radius 2 is 2.19 bits per heavy atom. The van der Waals surface area contributed by atoms with E-state index in [4.69, 9.17) is 10.5 Å². The molecule has 0 amide bonds. The molecule has 4 nitrogen and oxygen atoms in total. The molecule has 2 rings (SSSR count). The van der Waals surface area contributed by atoms with Crippen molar-refractivity contribution in [2.75, 3.05) is 13.7 Å². The lowest BCUT2D eigenvalue weighted by Crippen LogP contribution is -2.25. The first-order chi connectivity index (χ1) is 7.76. The van der Waals surface area contributed by atoms with Gasteiger partial charge in [0.25, 0.3) is 0 Å². The fraction of sp³-hybridized carbons (Fsp3) is 0.417. The van der Waals surface area contributed by atoms with E-state index in [1.807, 2.05) is 25.2 Å². The molecule has 1 aromatic heterocycles. The molecule has 1 unspecified atom stereocenters. The van der Waals surface area contributed by atoms with Crippen LogP contribution in [0, 0.1) is 0 Å². The highest BCUT2D eigenvalue weighted by molar-refractivity contribution is 5.75. The minimum absolute atomic E-state index is 0.0375. The first-order valence-electron chi connectivity index (χ1n) is 5.39. The Hall–Kier alpha value is -1.39. The lowest BCUT2D eigenvalue weighted by Gasteiger charge is -2.12. The van der Waals surface area contributed by atoms with Crippen molar-refractivity contribution in [1.29, 1.82) is 0 Å². The maximum Gasteiger partial charge on any atom is 0.112 e. The number of hydrogen-bond acceptors (Lipinski definition) is 3. The number of hydrogen-bond donors (Lipinski definition) is 1. The SMILES string of the molecule is COC(CN)Cc1nc2ccccc2n1C. The van der Waals surface area contributed by atoms with Crippen LogP contribution < -0.4 is 5.73 Å². The normalized spacial score (nSPS) is 13.2. The third kappa shape index (κ3) is 1.94. The summed E-state index contributed by atoms with van der Waals surface area (Å²) in [7, 11) is 3.70. The van der Waals surface area contributed by atoms with Crippen molar-refractivity contribution in [3.05, 3.63) is 30.1 Å². The predicted octanol–water partition coefficient (Wildman–Crippen LogP) is 1.09. The molecule has 0 fully saturated rings. The number of benzene rings is 1. The molecule has 2 N–H and O–H groups in total. The van der Waals surface area contributed by atoms with Gasteiger partial charge in [-0.2, -0.15) is 0 Å². The van der Waals surface area contributed by atoms with Crippen LogP contribution in [0.3, 0.4) is 0 Å². The maximum absolute atomic E-state index is 5.61. The van der Waals surface area contributed by atoms with Crippen molar-refractivity contribution >= 4 is 11.0 Å². The topological polar surface area (TPSA) is 53.1 Å². The van der Waals surface area contributed by atoms with E-state index in [2.05, 4.69) is 15.6 Å². The molecule has 0 aliphatic carbocycles. The number of ether oxygens (including phenoxy) is 1. The predicted molar refractivity (Wildman–Crippen MR) is 64.3 cm³/mol. The molecule has 0 radical (unpaired) electrons. The van der Waals surface area contributed by atoms with Gasteiger partial charge in [-0.25, -0.2) is 4.98 Å². The zero-order valence-corrected chi connectivity index (χ0v) is 9.68. The Balaban J connectivity index is 2.34. The Labute approximate surface area is 95.0 Å². The van der Waals surface area contributed by atoms with Crippen molar-refractivity contribution < 1.29 is 4.74 Å². The largest absolute Gasteiger partial charge is 0.380 e. The average Bonchev–Trinajstić information content (AvgIpc) is 2.64. The minimum atomic E-state index is 0.0375. The van der Waals surface area contributed by atoms with Crippen LogP contribution in [0.4, 0.5) is 0 Å². The molecular weight excluding hydrogens is 202 g/mol. The fourth-order valence-corrected chi connectivity index (χ4v) is 1.84. The van der Waals surface area contributed by atoms with Crippen LogP contribution >= 0.6 is 0 Å². The smallest absolute Gasteiger partial charge is 0.112 e. The van der Waals surface area contributed by atoms with Gasteiger partial charge in [0.05, 0.1) is 17.1 Å². The van der Waals surface area contributed by atoms with E-state index >= 15 is 0 Å².